The molecule has 0 aliphatic carbocycles. The summed E-state index contributed by atoms with van der Waals surface area (Å²) in [5.41, 5.74) is 0. The van der Waals surface area contributed by atoms with Gasteiger partial charge in [-0.15, -0.1) is 11.8 Å². The van der Waals surface area contributed by atoms with E-state index in [1.54, 1.807) is 28.2 Å². The van der Waals surface area contributed by atoms with E-state index in [0.717, 1.165) is 4.90 Å². The molecule has 0 N–H and O–H groups in total. The van der Waals surface area contributed by atoms with Gasteiger partial charge in [0.15, 0.2) is 11.5 Å². The van der Waals surface area contributed by atoms with Crippen LogP contribution < -0.4 is 9.47 Å². The van der Waals surface area contributed by atoms with E-state index in [2.05, 4.69) is 0 Å². The highest BCUT2D eigenvalue weighted by atomic mass is 32.2. The van der Waals surface area contributed by atoms with E-state index < -0.39 is 10.0 Å². The quantitative estimate of drug-likeness (QED) is 0.648. The van der Waals surface area contributed by atoms with Gasteiger partial charge in [-0.05, 0) is 55.5 Å². The molecule has 6 nitrogen and oxygen atoms in total. The van der Waals surface area contributed by atoms with Gasteiger partial charge in [0.05, 0.1) is 11.4 Å². The van der Waals surface area contributed by atoms with Crippen molar-refractivity contribution in [1.82, 2.24) is 4.31 Å². The molecule has 0 spiro atoms. The second kappa shape index (κ2) is 8.95. The van der Waals surface area contributed by atoms with Crippen molar-refractivity contribution in [3.8, 4) is 11.5 Å². The molecular formula is C21H25NO5S2. The van der Waals surface area contributed by atoms with Crippen LogP contribution in [0.3, 0.4) is 0 Å². The molecule has 2 aliphatic heterocycles. The number of fused-ring (bicyclic) bond motifs is 1. The van der Waals surface area contributed by atoms with Crippen molar-refractivity contribution >= 4 is 21.8 Å². The highest BCUT2D eigenvalue weighted by molar-refractivity contribution is 7.98. The van der Waals surface area contributed by atoms with Crippen molar-refractivity contribution in [2.24, 2.45) is 0 Å². The van der Waals surface area contributed by atoms with Crippen LogP contribution in [0.5, 0.6) is 11.5 Å². The Bertz CT molecular complexity index is 926. The van der Waals surface area contributed by atoms with Crippen LogP contribution in [-0.2, 0) is 14.8 Å². The number of thioether (sulfide) groups is 1. The fourth-order valence-corrected chi connectivity index (χ4v) is 5.78. The van der Waals surface area contributed by atoms with E-state index in [1.807, 2.05) is 42.7 Å². The highest BCUT2D eigenvalue weighted by Crippen LogP contribution is 2.32. The van der Waals surface area contributed by atoms with Crippen molar-refractivity contribution < 1.29 is 22.6 Å². The van der Waals surface area contributed by atoms with Crippen LogP contribution in [0.15, 0.2) is 58.3 Å². The first-order valence-corrected chi connectivity index (χ1v) is 12.4. The minimum absolute atomic E-state index is 0.116. The second-order valence-corrected chi connectivity index (χ2v) is 9.86. The predicted octanol–water partition coefficient (Wildman–Crippen LogP) is 3.42. The first kappa shape index (κ1) is 20.5. The van der Waals surface area contributed by atoms with Gasteiger partial charge >= 0.3 is 0 Å². The Morgan fingerprint density at radius 1 is 1.03 bits per heavy atom. The molecule has 2 aliphatic rings. The third-order valence-corrected chi connectivity index (χ3v) is 7.89. The number of hydrogen-bond donors (Lipinski definition) is 0. The molecule has 0 aromatic heterocycles. The molecule has 1 saturated heterocycles. The fraction of sp³-hybridized carbons (Fsp3) is 0.429. The minimum atomic E-state index is -3.67. The third-order valence-electron chi connectivity index (χ3n) is 5.22. The molecular weight excluding hydrogens is 410 g/mol. The number of benzene rings is 2. The van der Waals surface area contributed by atoms with Crippen molar-refractivity contribution in [2.75, 3.05) is 32.6 Å². The Balaban J connectivity index is 1.59. The maximum atomic E-state index is 13.5. The summed E-state index contributed by atoms with van der Waals surface area (Å²) in [7, 11) is -3.67. The van der Waals surface area contributed by atoms with Gasteiger partial charge in [0.25, 0.3) is 0 Å². The average Bonchev–Trinajstić information content (AvgIpc) is 2.78. The minimum Gasteiger partial charge on any atom is -0.486 e. The van der Waals surface area contributed by atoms with Gasteiger partial charge in [-0.2, -0.15) is 4.31 Å². The molecule has 1 fully saturated rings. The van der Waals surface area contributed by atoms with Gasteiger partial charge in [-0.1, -0.05) is 12.1 Å². The zero-order valence-electron chi connectivity index (χ0n) is 16.3. The molecule has 2 aromatic rings. The molecule has 0 bridgehead atoms. The maximum Gasteiger partial charge on any atom is 0.243 e. The van der Waals surface area contributed by atoms with Crippen molar-refractivity contribution in [1.29, 1.82) is 0 Å². The van der Waals surface area contributed by atoms with E-state index in [-0.39, 0.29) is 18.7 Å². The zero-order valence-corrected chi connectivity index (χ0v) is 18.0. The number of hydrogen-bond acceptors (Lipinski definition) is 6. The average molecular weight is 436 g/mol. The predicted molar refractivity (Wildman–Crippen MR) is 112 cm³/mol. The van der Waals surface area contributed by atoms with Crippen molar-refractivity contribution in [3.05, 3.63) is 48.5 Å². The Morgan fingerprint density at radius 2 is 1.72 bits per heavy atom. The molecule has 29 heavy (non-hydrogen) atoms. The standard InChI is InChI=1S/C21H25NO5S2/c1-28-18-6-8-19(9-7-18)29(23,24)22(16-10-12-25-13-11-16)14-17-15-26-20-4-2-3-5-21(20)27-17/h2-9,16-17H,10-15H2,1H3. The molecule has 4 rings (SSSR count). The summed E-state index contributed by atoms with van der Waals surface area (Å²) in [5, 5.41) is 0. The van der Waals surface area contributed by atoms with E-state index in [9.17, 15) is 8.42 Å². The lowest BCUT2D eigenvalue weighted by Gasteiger charge is -2.36. The van der Waals surface area contributed by atoms with E-state index in [0.29, 0.717) is 49.1 Å². The van der Waals surface area contributed by atoms with Gasteiger partial charge in [-0.3, -0.25) is 0 Å². The fourth-order valence-electron chi connectivity index (χ4n) is 3.65. The molecule has 1 atom stereocenters. The smallest absolute Gasteiger partial charge is 0.243 e. The molecule has 156 valence electrons. The molecule has 0 radical (unpaired) electrons. The van der Waals surface area contributed by atoms with Crippen LogP contribution in [0.4, 0.5) is 0 Å². The summed E-state index contributed by atoms with van der Waals surface area (Å²) in [4.78, 5) is 1.33. The summed E-state index contributed by atoms with van der Waals surface area (Å²) < 4.78 is 46.0. The van der Waals surface area contributed by atoms with Crippen LogP contribution in [0, 0.1) is 0 Å². The third kappa shape index (κ3) is 4.55. The number of rotatable bonds is 6. The summed E-state index contributed by atoms with van der Waals surface area (Å²) in [6.07, 6.45) is 2.95. The topological polar surface area (TPSA) is 65.1 Å². The first-order valence-electron chi connectivity index (χ1n) is 9.70. The molecule has 2 heterocycles. The molecule has 1 unspecified atom stereocenters. The van der Waals surface area contributed by atoms with E-state index >= 15 is 0 Å². The van der Waals surface area contributed by atoms with Gasteiger partial charge in [0.1, 0.15) is 12.7 Å². The van der Waals surface area contributed by atoms with Crippen LogP contribution >= 0.6 is 11.8 Å². The normalized spacial score (nSPS) is 20.0. The van der Waals surface area contributed by atoms with Gasteiger partial charge in [0, 0.05) is 24.2 Å². The number of para-hydroxylation sites is 2. The Labute approximate surface area is 176 Å². The lowest BCUT2D eigenvalue weighted by molar-refractivity contribution is 0.0336. The summed E-state index contributed by atoms with van der Waals surface area (Å²) >= 11 is 1.59. The second-order valence-electron chi connectivity index (χ2n) is 7.09. The lowest BCUT2D eigenvalue weighted by Crippen LogP contribution is -2.49. The van der Waals surface area contributed by atoms with Crippen molar-refractivity contribution in [2.45, 2.75) is 34.8 Å². The SMILES string of the molecule is CSc1ccc(S(=O)(=O)N(CC2COc3ccccc3O2)C2CCOCC2)cc1. The Kier molecular flexibility index (Phi) is 6.34. The Morgan fingerprint density at radius 3 is 2.41 bits per heavy atom. The number of ether oxygens (including phenoxy) is 3. The van der Waals surface area contributed by atoms with E-state index in [1.165, 1.54) is 0 Å². The van der Waals surface area contributed by atoms with E-state index in [4.69, 9.17) is 14.2 Å². The summed E-state index contributed by atoms with van der Waals surface area (Å²) in [6, 6.07) is 14.4. The van der Waals surface area contributed by atoms with Crippen LogP contribution in [-0.4, -0.2) is 57.5 Å². The molecule has 8 heteroatoms. The number of sulfonamides is 1. The van der Waals surface area contributed by atoms with Gasteiger partial charge in [0.2, 0.25) is 10.0 Å². The van der Waals surface area contributed by atoms with Crippen LogP contribution in [0.2, 0.25) is 0 Å². The maximum absolute atomic E-state index is 13.5. The first-order chi connectivity index (χ1) is 14.1. The monoisotopic (exact) mass is 435 g/mol. The van der Waals surface area contributed by atoms with Crippen molar-refractivity contribution in [3.63, 3.8) is 0 Å². The van der Waals surface area contributed by atoms with Crippen LogP contribution in [0.1, 0.15) is 12.8 Å². The van der Waals surface area contributed by atoms with Crippen LogP contribution in [0.25, 0.3) is 0 Å². The lowest BCUT2D eigenvalue weighted by atomic mass is 10.1. The van der Waals surface area contributed by atoms with Gasteiger partial charge < -0.3 is 14.2 Å². The zero-order chi connectivity index (χ0) is 20.3. The number of nitrogens with zero attached hydrogens (tertiary/aromatic N) is 1. The highest BCUT2D eigenvalue weighted by Gasteiger charge is 2.36. The molecule has 2 aromatic carbocycles. The summed E-state index contributed by atoms with van der Waals surface area (Å²) in [5.74, 6) is 1.34. The van der Waals surface area contributed by atoms with Gasteiger partial charge in [-0.25, -0.2) is 8.42 Å². The molecule has 0 amide bonds. The molecule has 0 saturated carbocycles. The summed E-state index contributed by atoms with van der Waals surface area (Å²) in [6.45, 7) is 1.68. The largest absolute Gasteiger partial charge is 0.486 e. The Hall–Kier alpha value is -1.74.